The molecule has 7 rings (SSSR count). The summed E-state index contributed by atoms with van der Waals surface area (Å²) in [6.07, 6.45) is 0.890. The summed E-state index contributed by atoms with van der Waals surface area (Å²) in [6, 6.07) is 36.3. The van der Waals surface area contributed by atoms with Crippen molar-refractivity contribution in [3.63, 3.8) is 0 Å². The highest BCUT2D eigenvalue weighted by molar-refractivity contribution is 5.95. The van der Waals surface area contributed by atoms with E-state index in [0.29, 0.717) is 12.8 Å². The third kappa shape index (κ3) is 3.68. The van der Waals surface area contributed by atoms with Crippen LogP contribution in [0.25, 0.3) is 32.7 Å². The zero-order valence-electron chi connectivity index (χ0n) is 22.5. The van der Waals surface area contributed by atoms with E-state index in [4.69, 9.17) is 0 Å². The molecule has 0 aliphatic heterocycles. The molecular weight excluding hydrogens is 508 g/mol. The van der Waals surface area contributed by atoms with E-state index < -0.39 is 5.41 Å². The van der Waals surface area contributed by atoms with Crippen molar-refractivity contribution < 1.29 is 20.4 Å². The van der Waals surface area contributed by atoms with Crippen LogP contribution >= 0.6 is 0 Å². The van der Waals surface area contributed by atoms with E-state index in [1.165, 1.54) is 0 Å². The molecule has 0 saturated carbocycles. The minimum atomic E-state index is -0.736. The van der Waals surface area contributed by atoms with Crippen molar-refractivity contribution in [2.24, 2.45) is 0 Å². The summed E-state index contributed by atoms with van der Waals surface area (Å²) in [5.41, 5.74) is 8.06. The number of aliphatic hydroxyl groups excluding tert-OH is 2. The van der Waals surface area contributed by atoms with Crippen molar-refractivity contribution in [3.8, 4) is 22.6 Å². The highest BCUT2D eigenvalue weighted by atomic mass is 16.3. The second-order valence-corrected chi connectivity index (χ2v) is 10.8. The maximum atomic E-state index is 10.3. The van der Waals surface area contributed by atoms with Crippen LogP contribution < -0.4 is 0 Å². The summed E-state index contributed by atoms with van der Waals surface area (Å²) in [5.74, 6) is 0.406. The van der Waals surface area contributed by atoms with Gasteiger partial charge in [0.2, 0.25) is 0 Å². The molecule has 0 amide bonds. The van der Waals surface area contributed by atoms with E-state index in [1.807, 2.05) is 12.1 Å². The van der Waals surface area contributed by atoms with Gasteiger partial charge in [0.15, 0.2) is 0 Å². The molecule has 6 aromatic carbocycles. The smallest absolute Gasteiger partial charge is 0.116 e. The highest BCUT2D eigenvalue weighted by Crippen LogP contribution is 2.58. The van der Waals surface area contributed by atoms with Gasteiger partial charge in [-0.15, -0.1) is 0 Å². The number of fused-ring (bicyclic) bond motifs is 5. The first-order valence-corrected chi connectivity index (χ1v) is 14.0. The summed E-state index contributed by atoms with van der Waals surface area (Å²) >= 11 is 0. The molecule has 202 valence electrons. The second kappa shape index (κ2) is 9.77. The van der Waals surface area contributed by atoms with E-state index in [0.717, 1.165) is 66.1 Å². The van der Waals surface area contributed by atoms with E-state index in [1.54, 1.807) is 24.3 Å². The lowest BCUT2D eigenvalue weighted by molar-refractivity contribution is 0.299. The van der Waals surface area contributed by atoms with Crippen molar-refractivity contribution in [3.05, 3.63) is 143 Å². The standard InChI is InChI=1S/C37H30O4/c38-19-17-31-27-13-11-25(40)21-23(27)9-15-35(31)37(33-7-3-1-5-29(33)30-6-2-4-8-34(30)37)36-16-10-24-22-26(41)12-14-28(24)32(36)18-20-39/h1-16,21-22,38-41H,17-20H2. The average molecular weight is 539 g/mol. The third-order valence-electron chi connectivity index (χ3n) is 8.71. The van der Waals surface area contributed by atoms with E-state index in [2.05, 4.69) is 72.8 Å². The molecule has 6 aromatic rings. The normalized spacial score (nSPS) is 13.4. The van der Waals surface area contributed by atoms with Crippen molar-refractivity contribution in [2.45, 2.75) is 18.3 Å². The quantitative estimate of drug-likeness (QED) is 0.187. The number of aliphatic hydroxyl groups is 2. The first-order chi connectivity index (χ1) is 20.1. The van der Waals surface area contributed by atoms with Gasteiger partial charge in [-0.25, -0.2) is 0 Å². The first kappa shape index (κ1) is 25.3. The molecule has 0 aromatic heterocycles. The zero-order chi connectivity index (χ0) is 28.1. The number of benzene rings is 6. The van der Waals surface area contributed by atoms with Crippen LogP contribution in [0.2, 0.25) is 0 Å². The van der Waals surface area contributed by atoms with Crippen molar-refractivity contribution in [2.75, 3.05) is 13.2 Å². The topological polar surface area (TPSA) is 80.9 Å². The predicted molar refractivity (Wildman–Crippen MR) is 164 cm³/mol. The molecule has 41 heavy (non-hydrogen) atoms. The van der Waals surface area contributed by atoms with Gasteiger partial charge >= 0.3 is 0 Å². The summed E-state index contributed by atoms with van der Waals surface area (Å²) in [5, 5.41) is 45.0. The van der Waals surface area contributed by atoms with Gasteiger partial charge < -0.3 is 20.4 Å². The first-order valence-electron chi connectivity index (χ1n) is 14.0. The van der Waals surface area contributed by atoms with Crippen LogP contribution in [0.4, 0.5) is 0 Å². The molecule has 0 radical (unpaired) electrons. The Labute approximate surface area is 238 Å². The molecule has 1 aliphatic rings. The SMILES string of the molecule is OCCc1c(C2(c3ccc4cc(O)ccc4c3CCO)c3ccccc3-c3ccccc32)ccc2cc(O)ccc12. The summed E-state index contributed by atoms with van der Waals surface area (Å²) in [4.78, 5) is 0. The fourth-order valence-electron chi connectivity index (χ4n) is 7.19. The van der Waals surface area contributed by atoms with Crippen molar-refractivity contribution in [1.29, 1.82) is 0 Å². The van der Waals surface area contributed by atoms with Crippen LogP contribution in [-0.4, -0.2) is 33.6 Å². The van der Waals surface area contributed by atoms with Crippen LogP contribution in [0.5, 0.6) is 11.5 Å². The van der Waals surface area contributed by atoms with Gasteiger partial charge in [-0.05, 0) is 103 Å². The van der Waals surface area contributed by atoms with E-state index in [-0.39, 0.29) is 24.7 Å². The molecule has 0 fully saturated rings. The predicted octanol–water partition coefficient (Wildman–Crippen LogP) is 6.84. The van der Waals surface area contributed by atoms with E-state index in [9.17, 15) is 20.4 Å². The minimum Gasteiger partial charge on any atom is -0.508 e. The monoisotopic (exact) mass is 538 g/mol. The molecule has 0 heterocycles. The lowest BCUT2D eigenvalue weighted by atomic mass is 9.64. The third-order valence-corrected chi connectivity index (χ3v) is 8.71. The minimum absolute atomic E-state index is 0.0210. The largest absolute Gasteiger partial charge is 0.508 e. The van der Waals surface area contributed by atoms with Gasteiger partial charge in [0.1, 0.15) is 11.5 Å². The molecular formula is C37H30O4. The highest BCUT2D eigenvalue weighted by Gasteiger charge is 2.48. The molecule has 0 unspecified atom stereocenters. The van der Waals surface area contributed by atoms with E-state index >= 15 is 0 Å². The van der Waals surface area contributed by atoms with Crippen LogP contribution in [-0.2, 0) is 18.3 Å². The Hall–Kier alpha value is -4.64. The number of rotatable bonds is 6. The second-order valence-electron chi connectivity index (χ2n) is 10.8. The van der Waals surface area contributed by atoms with Gasteiger partial charge in [-0.2, -0.15) is 0 Å². The molecule has 0 saturated heterocycles. The van der Waals surface area contributed by atoms with Crippen molar-refractivity contribution >= 4 is 21.5 Å². The number of aromatic hydroxyl groups is 2. The maximum Gasteiger partial charge on any atom is 0.116 e. The zero-order valence-corrected chi connectivity index (χ0v) is 22.5. The van der Waals surface area contributed by atoms with Gasteiger partial charge in [0, 0.05) is 13.2 Å². The number of phenolic OH excluding ortho intramolecular Hbond substituents is 2. The molecule has 0 atom stereocenters. The Kier molecular flexibility index (Phi) is 6.04. The van der Waals surface area contributed by atoms with Gasteiger partial charge in [-0.3, -0.25) is 0 Å². The van der Waals surface area contributed by atoms with Crippen molar-refractivity contribution in [1.82, 2.24) is 0 Å². The number of phenols is 2. The fraction of sp³-hybridized carbons (Fsp3) is 0.135. The number of hydrogen-bond donors (Lipinski definition) is 4. The maximum absolute atomic E-state index is 10.3. The molecule has 0 bridgehead atoms. The van der Waals surface area contributed by atoms with Gasteiger partial charge in [0.25, 0.3) is 0 Å². The average Bonchev–Trinajstić information content (AvgIpc) is 3.28. The van der Waals surface area contributed by atoms with Crippen LogP contribution in [0, 0.1) is 0 Å². The molecule has 4 nitrogen and oxygen atoms in total. The summed E-state index contributed by atoms with van der Waals surface area (Å²) < 4.78 is 0. The lowest BCUT2D eigenvalue weighted by Crippen LogP contribution is -2.32. The van der Waals surface area contributed by atoms with Crippen LogP contribution in [0.15, 0.2) is 109 Å². The summed E-state index contributed by atoms with van der Waals surface area (Å²) in [7, 11) is 0. The van der Waals surface area contributed by atoms with Crippen LogP contribution in [0.3, 0.4) is 0 Å². The Morgan fingerprint density at radius 2 is 0.902 bits per heavy atom. The molecule has 0 spiro atoms. The molecule has 4 N–H and O–H groups in total. The Morgan fingerprint density at radius 3 is 1.34 bits per heavy atom. The van der Waals surface area contributed by atoms with Gasteiger partial charge in [0.05, 0.1) is 5.41 Å². The summed E-state index contributed by atoms with van der Waals surface area (Å²) in [6.45, 7) is -0.0419. The number of hydrogen-bond acceptors (Lipinski definition) is 4. The van der Waals surface area contributed by atoms with Gasteiger partial charge in [-0.1, -0.05) is 84.9 Å². The Bertz CT molecular complexity index is 1810. The van der Waals surface area contributed by atoms with Crippen LogP contribution in [0.1, 0.15) is 33.4 Å². The lowest BCUT2D eigenvalue weighted by Gasteiger charge is -2.38. The molecule has 1 aliphatic carbocycles. The Balaban J connectivity index is 1.70. The fourth-order valence-corrected chi connectivity index (χ4v) is 7.19. The molecule has 4 heteroatoms. The Morgan fingerprint density at radius 1 is 0.463 bits per heavy atom.